The SMILES string of the molecule is CCCC1CCCc2cnccc21. The predicted octanol–water partition coefficient (Wildman–Crippen LogP) is 3.30. The highest BCUT2D eigenvalue weighted by atomic mass is 14.6. The van der Waals surface area contributed by atoms with Crippen molar-refractivity contribution >= 4 is 0 Å². The van der Waals surface area contributed by atoms with Gasteiger partial charge in [-0.05, 0) is 48.8 Å². The Morgan fingerprint density at radius 1 is 1.54 bits per heavy atom. The highest BCUT2D eigenvalue weighted by Crippen LogP contribution is 2.33. The Morgan fingerprint density at radius 3 is 3.31 bits per heavy atom. The minimum Gasteiger partial charge on any atom is -0.264 e. The summed E-state index contributed by atoms with van der Waals surface area (Å²) < 4.78 is 0. The molecule has 0 saturated heterocycles. The highest BCUT2D eigenvalue weighted by Gasteiger charge is 2.18. The Bertz CT molecular complexity index is 280. The average Bonchev–Trinajstić information content (AvgIpc) is 2.19. The quantitative estimate of drug-likeness (QED) is 0.672. The number of nitrogens with zero attached hydrogens (tertiary/aromatic N) is 1. The molecule has 0 fully saturated rings. The normalized spacial score (nSPS) is 21.2. The van der Waals surface area contributed by atoms with Crippen molar-refractivity contribution in [1.82, 2.24) is 4.98 Å². The fraction of sp³-hybridized carbons (Fsp3) is 0.583. The first-order chi connectivity index (χ1) is 6.42. The predicted molar refractivity (Wildman–Crippen MR) is 54.8 cm³/mol. The lowest BCUT2D eigenvalue weighted by Gasteiger charge is -2.24. The van der Waals surface area contributed by atoms with E-state index in [0.717, 1.165) is 5.92 Å². The van der Waals surface area contributed by atoms with Gasteiger partial charge in [-0.1, -0.05) is 13.3 Å². The molecule has 1 aliphatic rings. The van der Waals surface area contributed by atoms with Gasteiger partial charge in [-0.3, -0.25) is 4.98 Å². The van der Waals surface area contributed by atoms with Gasteiger partial charge >= 0.3 is 0 Å². The van der Waals surface area contributed by atoms with E-state index in [0.29, 0.717) is 0 Å². The molecule has 70 valence electrons. The molecule has 0 aromatic carbocycles. The van der Waals surface area contributed by atoms with E-state index in [2.05, 4.69) is 24.2 Å². The van der Waals surface area contributed by atoms with E-state index in [1.807, 2.05) is 6.20 Å². The van der Waals surface area contributed by atoms with E-state index in [9.17, 15) is 0 Å². The highest BCUT2D eigenvalue weighted by molar-refractivity contribution is 5.29. The zero-order valence-corrected chi connectivity index (χ0v) is 8.29. The van der Waals surface area contributed by atoms with Gasteiger partial charge in [-0.2, -0.15) is 0 Å². The number of pyridine rings is 1. The Labute approximate surface area is 80.2 Å². The summed E-state index contributed by atoms with van der Waals surface area (Å²) in [4.78, 5) is 4.19. The molecular weight excluding hydrogens is 158 g/mol. The van der Waals surface area contributed by atoms with Crippen molar-refractivity contribution in [2.24, 2.45) is 0 Å². The number of rotatable bonds is 2. The van der Waals surface area contributed by atoms with Gasteiger partial charge in [-0.15, -0.1) is 0 Å². The molecule has 0 radical (unpaired) electrons. The molecule has 1 aliphatic carbocycles. The van der Waals surface area contributed by atoms with Gasteiger partial charge in [0.25, 0.3) is 0 Å². The standard InChI is InChI=1S/C12H17N/c1-2-4-10-5-3-6-11-9-13-8-7-12(10)11/h7-10H,2-6H2,1H3. The largest absolute Gasteiger partial charge is 0.264 e. The molecule has 1 atom stereocenters. The van der Waals surface area contributed by atoms with Crippen LogP contribution in [-0.4, -0.2) is 4.98 Å². The van der Waals surface area contributed by atoms with Gasteiger partial charge in [0.2, 0.25) is 0 Å². The topological polar surface area (TPSA) is 12.9 Å². The third-order valence-corrected chi connectivity index (χ3v) is 3.02. The summed E-state index contributed by atoms with van der Waals surface area (Å²) in [6.45, 7) is 2.27. The van der Waals surface area contributed by atoms with Gasteiger partial charge in [0, 0.05) is 12.4 Å². The van der Waals surface area contributed by atoms with Crippen molar-refractivity contribution in [1.29, 1.82) is 0 Å². The Balaban J connectivity index is 2.26. The summed E-state index contributed by atoms with van der Waals surface area (Å²) in [5, 5.41) is 0. The summed E-state index contributed by atoms with van der Waals surface area (Å²) in [6, 6.07) is 2.22. The molecule has 1 nitrogen and oxygen atoms in total. The van der Waals surface area contributed by atoms with Crippen molar-refractivity contribution in [2.75, 3.05) is 0 Å². The van der Waals surface area contributed by atoms with E-state index >= 15 is 0 Å². The summed E-state index contributed by atoms with van der Waals surface area (Å²) >= 11 is 0. The minimum atomic E-state index is 0.816. The molecule has 0 bridgehead atoms. The van der Waals surface area contributed by atoms with E-state index in [1.54, 1.807) is 5.56 Å². The molecule has 0 aliphatic heterocycles. The van der Waals surface area contributed by atoms with E-state index in [-0.39, 0.29) is 0 Å². The maximum atomic E-state index is 4.19. The smallest absolute Gasteiger partial charge is 0.0302 e. The fourth-order valence-electron chi connectivity index (χ4n) is 2.39. The second-order valence-electron chi connectivity index (χ2n) is 3.95. The Morgan fingerprint density at radius 2 is 2.46 bits per heavy atom. The Kier molecular flexibility index (Phi) is 2.62. The van der Waals surface area contributed by atoms with Crippen LogP contribution in [0.3, 0.4) is 0 Å². The molecule has 2 rings (SSSR count). The minimum absolute atomic E-state index is 0.816. The monoisotopic (exact) mass is 175 g/mol. The summed E-state index contributed by atoms with van der Waals surface area (Å²) in [5.41, 5.74) is 3.07. The first-order valence-corrected chi connectivity index (χ1v) is 5.34. The first-order valence-electron chi connectivity index (χ1n) is 5.34. The molecule has 0 amide bonds. The molecule has 0 N–H and O–H groups in total. The number of aromatic nitrogens is 1. The fourth-order valence-corrected chi connectivity index (χ4v) is 2.39. The molecule has 0 saturated carbocycles. The molecule has 1 heteroatoms. The molecule has 13 heavy (non-hydrogen) atoms. The molecule has 1 heterocycles. The zero-order valence-electron chi connectivity index (χ0n) is 8.29. The summed E-state index contributed by atoms with van der Waals surface area (Å²) in [6.07, 6.45) is 10.6. The van der Waals surface area contributed by atoms with Crippen molar-refractivity contribution in [3.63, 3.8) is 0 Å². The third-order valence-electron chi connectivity index (χ3n) is 3.02. The second-order valence-corrected chi connectivity index (χ2v) is 3.95. The maximum absolute atomic E-state index is 4.19. The van der Waals surface area contributed by atoms with Crippen molar-refractivity contribution in [2.45, 2.75) is 44.9 Å². The van der Waals surface area contributed by atoms with Crippen LogP contribution in [-0.2, 0) is 6.42 Å². The Hall–Kier alpha value is -0.850. The van der Waals surface area contributed by atoms with Crippen molar-refractivity contribution < 1.29 is 0 Å². The van der Waals surface area contributed by atoms with Crippen LogP contribution in [0.25, 0.3) is 0 Å². The first kappa shape index (κ1) is 8.74. The maximum Gasteiger partial charge on any atom is 0.0302 e. The molecular formula is C12H17N. The van der Waals surface area contributed by atoms with Gasteiger partial charge < -0.3 is 0 Å². The number of hydrogen-bond donors (Lipinski definition) is 0. The van der Waals surface area contributed by atoms with E-state index in [4.69, 9.17) is 0 Å². The lowest BCUT2D eigenvalue weighted by Crippen LogP contribution is -2.09. The van der Waals surface area contributed by atoms with Crippen molar-refractivity contribution in [3.8, 4) is 0 Å². The zero-order chi connectivity index (χ0) is 9.10. The summed E-state index contributed by atoms with van der Waals surface area (Å²) in [7, 11) is 0. The lowest BCUT2D eigenvalue weighted by atomic mass is 9.81. The van der Waals surface area contributed by atoms with Crippen LogP contribution in [0.5, 0.6) is 0 Å². The van der Waals surface area contributed by atoms with E-state index in [1.165, 1.54) is 37.7 Å². The summed E-state index contributed by atoms with van der Waals surface area (Å²) in [5.74, 6) is 0.816. The van der Waals surface area contributed by atoms with E-state index < -0.39 is 0 Å². The van der Waals surface area contributed by atoms with Crippen LogP contribution in [0.15, 0.2) is 18.5 Å². The molecule has 1 aromatic heterocycles. The van der Waals surface area contributed by atoms with Gasteiger partial charge in [0.15, 0.2) is 0 Å². The van der Waals surface area contributed by atoms with Gasteiger partial charge in [-0.25, -0.2) is 0 Å². The third kappa shape index (κ3) is 1.74. The van der Waals surface area contributed by atoms with Crippen LogP contribution < -0.4 is 0 Å². The molecule has 0 spiro atoms. The molecule has 1 aromatic rings. The average molecular weight is 175 g/mol. The van der Waals surface area contributed by atoms with Gasteiger partial charge in [0.05, 0.1) is 0 Å². The van der Waals surface area contributed by atoms with Crippen LogP contribution >= 0.6 is 0 Å². The second kappa shape index (κ2) is 3.91. The number of hydrogen-bond acceptors (Lipinski definition) is 1. The lowest BCUT2D eigenvalue weighted by molar-refractivity contribution is 0.513. The molecule has 1 unspecified atom stereocenters. The number of fused-ring (bicyclic) bond motifs is 1. The van der Waals surface area contributed by atoms with Crippen LogP contribution in [0, 0.1) is 0 Å². The van der Waals surface area contributed by atoms with Crippen LogP contribution in [0.4, 0.5) is 0 Å². The number of aryl methyl sites for hydroxylation is 1. The van der Waals surface area contributed by atoms with Crippen molar-refractivity contribution in [3.05, 3.63) is 29.6 Å². The van der Waals surface area contributed by atoms with Crippen LogP contribution in [0.1, 0.15) is 49.7 Å². The van der Waals surface area contributed by atoms with Crippen LogP contribution in [0.2, 0.25) is 0 Å². The van der Waals surface area contributed by atoms with Gasteiger partial charge in [0.1, 0.15) is 0 Å².